The third kappa shape index (κ3) is 4.40. The number of carbonyl (C=O) groups is 1. The maximum atomic E-state index is 13.1. The molecule has 0 atom stereocenters. The molecule has 1 saturated heterocycles. The summed E-state index contributed by atoms with van der Waals surface area (Å²) in [6.07, 6.45) is -3.45. The number of halogens is 4. The second kappa shape index (κ2) is 8.18. The number of nitrogens with zero attached hydrogens (tertiary/aromatic N) is 1. The fourth-order valence-corrected chi connectivity index (χ4v) is 2.93. The molecule has 0 saturated carbocycles. The van der Waals surface area contributed by atoms with Crippen LogP contribution in [0.2, 0.25) is 0 Å². The molecule has 0 radical (unpaired) electrons. The molecule has 0 unspecified atom stereocenters. The Labute approximate surface area is 145 Å². The molecular weight excluding hydrogens is 345 g/mol. The van der Waals surface area contributed by atoms with Crippen LogP contribution >= 0.6 is 12.4 Å². The predicted molar refractivity (Wildman–Crippen MR) is 86.7 cm³/mol. The van der Waals surface area contributed by atoms with Crippen LogP contribution in [0.4, 0.5) is 13.2 Å². The summed E-state index contributed by atoms with van der Waals surface area (Å²) in [5.74, 6) is -0.222. The Balaban J connectivity index is 0.00000288. The average molecular weight is 367 g/mol. The molecule has 0 bridgehead atoms. The Kier molecular flexibility index (Phi) is 7.07. The first-order chi connectivity index (χ1) is 10.8. The molecule has 1 aromatic rings. The Hall–Kier alpha value is -1.31. The summed E-state index contributed by atoms with van der Waals surface area (Å²) in [4.78, 5) is 14.1. The van der Waals surface area contributed by atoms with Crippen molar-refractivity contribution in [3.8, 4) is 0 Å². The first-order valence-electron chi connectivity index (χ1n) is 7.49. The van der Waals surface area contributed by atoms with E-state index in [1.54, 1.807) is 0 Å². The van der Waals surface area contributed by atoms with Gasteiger partial charge in [0.25, 0.3) is 0 Å². The van der Waals surface area contributed by atoms with Gasteiger partial charge in [0.15, 0.2) is 0 Å². The lowest BCUT2D eigenvalue weighted by Gasteiger charge is -2.37. The fourth-order valence-electron chi connectivity index (χ4n) is 2.93. The molecule has 1 amide bonds. The van der Waals surface area contributed by atoms with Crippen LogP contribution in [0.15, 0.2) is 24.3 Å². The molecule has 1 heterocycles. The Morgan fingerprint density at radius 1 is 1.29 bits per heavy atom. The highest BCUT2D eigenvalue weighted by Gasteiger charge is 2.41. The maximum Gasteiger partial charge on any atom is 0.416 e. The Morgan fingerprint density at radius 3 is 2.42 bits per heavy atom. The van der Waals surface area contributed by atoms with Crippen molar-refractivity contribution in [2.45, 2.75) is 25.6 Å². The zero-order valence-corrected chi connectivity index (χ0v) is 14.3. The van der Waals surface area contributed by atoms with Crippen molar-refractivity contribution in [2.24, 2.45) is 11.1 Å². The molecule has 1 aliphatic heterocycles. The third-order valence-corrected chi connectivity index (χ3v) is 4.37. The normalized spacial score (nSPS) is 17.0. The van der Waals surface area contributed by atoms with Crippen molar-refractivity contribution in [2.75, 3.05) is 26.8 Å². The molecule has 24 heavy (non-hydrogen) atoms. The first kappa shape index (κ1) is 20.7. The number of nitrogens with two attached hydrogens (primary N) is 1. The number of carbonyl (C=O) groups excluding carboxylic acids is 1. The van der Waals surface area contributed by atoms with E-state index in [4.69, 9.17) is 10.5 Å². The van der Waals surface area contributed by atoms with Crippen molar-refractivity contribution in [3.05, 3.63) is 35.4 Å². The van der Waals surface area contributed by atoms with Gasteiger partial charge in [-0.05, 0) is 24.5 Å². The van der Waals surface area contributed by atoms with E-state index in [9.17, 15) is 18.0 Å². The highest BCUT2D eigenvalue weighted by Crippen LogP contribution is 2.34. The third-order valence-electron chi connectivity index (χ3n) is 4.37. The van der Waals surface area contributed by atoms with Crippen molar-refractivity contribution in [3.63, 3.8) is 0 Å². The molecular formula is C16H22ClF3N2O2. The molecule has 0 aliphatic carbocycles. The van der Waals surface area contributed by atoms with Gasteiger partial charge in [-0.15, -0.1) is 12.4 Å². The van der Waals surface area contributed by atoms with Crippen LogP contribution < -0.4 is 5.73 Å². The second-order valence-electron chi connectivity index (χ2n) is 5.91. The lowest BCUT2D eigenvalue weighted by atomic mass is 9.79. The highest BCUT2D eigenvalue weighted by molar-refractivity contribution is 5.85. The van der Waals surface area contributed by atoms with Gasteiger partial charge in [-0.3, -0.25) is 4.79 Å². The lowest BCUT2D eigenvalue weighted by molar-refractivity contribution is -0.147. The van der Waals surface area contributed by atoms with Gasteiger partial charge in [-0.2, -0.15) is 13.2 Å². The van der Waals surface area contributed by atoms with Crippen molar-refractivity contribution in [1.29, 1.82) is 0 Å². The molecule has 1 aliphatic rings. The number of amides is 1. The monoisotopic (exact) mass is 366 g/mol. The zero-order valence-electron chi connectivity index (χ0n) is 13.4. The van der Waals surface area contributed by atoms with E-state index in [0.717, 1.165) is 6.07 Å². The van der Waals surface area contributed by atoms with Gasteiger partial charge in [0.05, 0.1) is 11.0 Å². The van der Waals surface area contributed by atoms with E-state index in [0.29, 0.717) is 26.1 Å². The largest absolute Gasteiger partial charge is 0.416 e. The lowest BCUT2D eigenvalue weighted by Crippen LogP contribution is -2.49. The second-order valence-corrected chi connectivity index (χ2v) is 5.91. The van der Waals surface area contributed by atoms with Crippen LogP contribution in [0, 0.1) is 5.41 Å². The van der Waals surface area contributed by atoms with Crippen LogP contribution in [0.1, 0.15) is 24.0 Å². The number of alkyl halides is 3. The van der Waals surface area contributed by atoms with E-state index in [1.807, 2.05) is 0 Å². The van der Waals surface area contributed by atoms with Crippen LogP contribution in [0.25, 0.3) is 0 Å². The summed E-state index contributed by atoms with van der Waals surface area (Å²) in [6.45, 7) is 0.948. The number of hydrogen-bond acceptors (Lipinski definition) is 3. The van der Waals surface area contributed by atoms with Gasteiger partial charge >= 0.3 is 6.18 Å². The summed E-state index contributed by atoms with van der Waals surface area (Å²) in [6, 6.07) is 5.30. The molecule has 0 spiro atoms. The standard InChI is InChI=1S/C16H21F3N2O2.ClH/c1-21(14(22)15(11-20)6-8-23-9-7-15)10-12-4-2-3-5-13(12)16(17,18)19;/h2-5H,6-11,20H2,1H3;1H. The van der Waals surface area contributed by atoms with Gasteiger partial charge in [0.1, 0.15) is 0 Å². The van der Waals surface area contributed by atoms with Gasteiger partial charge in [-0.1, -0.05) is 18.2 Å². The number of rotatable bonds is 4. The van der Waals surface area contributed by atoms with Gasteiger partial charge in [0.2, 0.25) is 5.91 Å². The molecule has 8 heteroatoms. The van der Waals surface area contributed by atoms with Gasteiger partial charge in [0, 0.05) is 33.4 Å². The van der Waals surface area contributed by atoms with Crippen LogP contribution in [-0.4, -0.2) is 37.6 Å². The number of benzene rings is 1. The van der Waals surface area contributed by atoms with E-state index in [2.05, 4.69) is 0 Å². The Morgan fingerprint density at radius 2 is 1.88 bits per heavy atom. The van der Waals surface area contributed by atoms with E-state index in [1.165, 1.54) is 30.1 Å². The van der Waals surface area contributed by atoms with Gasteiger partial charge < -0.3 is 15.4 Å². The van der Waals surface area contributed by atoms with Crippen LogP contribution in [-0.2, 0) is 22.3 Å². The minimum absolute atomic E-state index is 0. The van der Waals surface area contributed by atoms with E-state index in [-0.39, 0.29) is 37.0 Å². The summed E-state index contributed by atoms with van der Waals surface area (Å²) < 4.78 is 44.4. The quantitative estimate of drug-likeness (QED) is 0.891. The zero-order chi connectivity index (χ0) is 17.1. The SMILES string of the molecule is CN(Cc1ccccc1C(F)(F)F)C(=O)C1(CN)CCOCC1.Cl. The van der Waals surface area contributed by atoms with E-state index >= 15 is 0 Å². The molecule has 4 nitrogen and oxygen atoms in total. The van der Waals surface area contributed by atoms with Crippen LogP contribution in [0.5, 0.6) is 0 Å². The average Bonchev–Trinajstić information content (AvgIpc) is 2.54. The minimum atomic E-state index is -4.44. The van der Waals surface area contributed by atoms with E-state index < -0.39 is 17.2 Å². The summed E-state index contributed by atoms with van der Waals surface area (Å²) in [5, 5.41) is 0. The number of ether oxygens (including phenoxy) is 1. The highest BCUT2D eigenvalue weighted by atomic mass is 35.5. The molecule has 2 rings (SSSR count). The van der Waals surface area contributed by atoms with Crippen molar-refractivity contribution < 1.29 is 22.7 Å². The molecule has 136 valence electrons. The first-order valence-corrected chi connectivity index (χ1v) is 7.49. The molecule has 1 fully saturated rings. The smallest absolute Gasteiger partial charge is 0.381 e. The molecule has 2 N–H and O–H groups in total. The fraction of sp³-hybridized carbons (Fsp3) is 0.562. The summed E-state index contributed by atoms with van der Waals surface area (Å²) in [5.41, 5.74) is 4.41. The summed E-state index contributed by atoms with van der Waals surface area (Å²) >= 11 is 0. The number of hydrogen-bond donors (Lipinski definition) is 1. The summed E-state index contributed by atoms with van der Waals surface area (Å²) in [7, 11) is 1.52. The molecule has 1 aromatic carbocycles. The molecule has 0 aromatic heterocycles. The minimum Gasteiger partial charge on any atom is -0.381 e. The van der Waals surface area contributed by atoms with Crippen LogP contribution in [0.3, 0.4) is 0 Å². The van der Waals surface area contributed by atoms with Crippen molar-refractivity contribution >= 4 is 18.3 Å². The van der Waals surface area contributed by atoms with Crippen molar-refractivity contribution in [1.82, 2.24) is 4.90 Å². The maximum absolute atomic E-state index is 13.1. The van der Waals surface area contributed by atoms with Gasteiger partial charge in [-0.25, -0.2) is 0 Å². The topological polar surface area (TPSA) is 55.6 Å². The predicted octanol–water partition coefficient (Wildman–Crippen LogP) is 2.84. The Bertz CT molecular complexity index is 560.